The van der Waals surface area contributed by atoms with Crippen molar-refractivity contribution >= 4 is 22.6 Å². The first kappa shape index (κ1) is 13.8. The number of halogens is 1. The number of aromatic nitrogens is 5. The SMILES string of the molecule is Cc1ccnc(-n2nc(-c3ccc(Cl)cc3)c3cccnc32)n1. The fourth-order valence-electron chi connectivity index (χ4n) is 2.45. The zero-order chi connectivity index (χ0) is 15.8. The zero-order valence-corrected chi connectivity index (χ0v) is 13.1. The Hall–Kier alpha value is -2.79. The molecule has 0 unspecified atom stereocenters. The topological polar surface area (TPSA) is 56.5 Å². The lowest BCUT2D eigenvalue weighted by Gasteiger charge is -2.00. The summed E-state index contributed by atoms with van der Waals surface area (Å²) in [5.74, 6) is 0.508. The van der Waals surface area contributed by atoms with Crippen LogP contribution in [0.4, 0.5) is 0 Å². The van der Waals surface area contributed by atoms with E-state index in [4.69, 9.17) is 11.6 Å². The lowest BCUT2D eigenvalue weighted by molar-refractivity contribution is 0.818. The van der Waals surface area contributed by atoms with Crippen LogP contribution in [0.5, 0.6) is 0 Å². The van der Waals surface area contributed by atoms with Gasteiger partial charge >= 0.3 is 0 Å². The maximum Gasteiger partial charge on any atom is 0.252 e. The minimum absolute atomic E-state index is 0.508. The molecule has 3 heterocycles. The summed E-state index contributed by atoms with van der Waals surface area (Å²) in [7, 11) is 0. The molecule has 0 atom stereocenters. The van der Waals surface area contributed by atoms with E-state index in [1.165, 1.54) is 0 Å². The highest BCUT2D eigenvalue weighted by Crippen LogP contribution is 2.28. The standard InChI is InChI=1S/C17H12ClN5/c1-11-8-10-20-17(21-11)23-16-14(3-2-9-19-16)15(22-23)12-4-6-13(18)7-5-12/h2-10H,1H3. The Labute approximate surface area is 137 Å². The Morgan fingerprint density at radius 2 is 1.78 bits per heavy atom. The zero-order valence-electron chi connectivity index (χ0n) is 12.3. The van der Waals surface area contributed by atoms with E-state index >= 15 is 0 Å². The molecular weight excluding hydrogens is 310 g/mol. The first-order valence-corrected chi connectivity index (χ1v) is 7.50. The van der Waals surface area contributed by atoms with Crippen LogP contribution in [0, 0.1) is 6.92 Å². The number of rotatable bonds is 2. The highest BCUT2D eigenvalue weighted by atomic mass is 35.5. The van der Waals surface area contributed by atoms with Crippen molar-refractivity contribution in [2.75, 3.05) is 0 Å². The van der Waals surface area contributed by atoms with Crippen LogP contribution in [0.1, 0.15) is 5.69 Å². The fourth-order valence-corrected chi connectivity index (χ4v) is 2.58. The Morgan fingerprint density at radius 1 is 0.957 bits per heavy atom. The third-order valence-electron chi connectivity index (χ3n) is 3.53. The Kier molecular flexibility index (Phi) is 3.28. The van der Waals surface area contributed by atoms with Crippen molar-refractivity contribution in [2.24, 2.45) is 0 Å². The maximum atomic E-state index is 5.98. The predicted molar refractivity (Wildman–Crippen MR) is 89.6 cm³/mol. The van der Waals surface area contributed by atoms with E-state index < -0.39 is 0 Å². The monoisotopic (exact) mass is 321 g/mol. The molecule has 0 spiro atoms. The number of aryl methyl sites for hydroxylation is 1. The molecule has 0 fully saturated rings. The van der Waals surface area contributed by atoms with Crippen molar-refractivity contribution < 1.29 is 0 Å². The first-order chi connectivity index (χ1) is 11.2. The molecule has 0 aliphatic rings. The molecule has 23 heavy (non-hydrogen) atoms. The van der Waals surface area contributed by atoms with Crippen LogP contribution in [-0.4, -0.2) is 24.7 Å². The molecule has 0 radical (unpaired) electrons. The van der Waals surface area contributed by atoms with Gasteiger partial charge in [0.1, 0.15) is 5.69 Å². The van der Waals surface area contributed by atoms with E-state index in [9.17, 15) is 0 Å². The number of fused-ring (bicyclic) bond motifs is 1. The summed E-state index contributed by atoms with van der Waals surface area (Å²) in [6, 6.07) is 13.3. The van der Waals surface area contributed by atoms with Crippen LogP contribution in [0.25, 0.3) is 28.2 Å². The van der Waals surface area contributed by atoms with Gasteiger partial charge in [0.25, 0.3) is 5.95 Å². The number of hydrogen-bond donors (Lipinski definition) is 0. The third-order valence-corrected chi connectivity index (χ3v) is 3.78. The lowest BCUT2D eigenvalue weighted by atomic mass is 10.1. The number of nitrogens with zero attached hydrogens (tertiary/aromatic N) is 5. The molecule has 0 N–H and O–H groups in total. The van der Waals surface area contributed by atoms with Crippen LogP contribution >= 0.6 is 11.6 Å². The summed E-state index contributed by atoms with van der Waals surface area (Å²) in [4.78, 5) is 13.2. The maximum absolute atomic E-state index is 5.98. The summed E-state index contributed by atoms with van der Waals surface area (Å²) < 4.78 is 1.67. The van der Waals surface area contributed by atoms with E-state index in [0.717, 1.165) is 28.0 Å². The fraction of sp³-hybridized carbons (Fsp3) is 0.0588. The molecule has 0 saturated heterocycles. The van der Waals surface area contributed by atoms with Gasteiger partial charge in [-0.15, -0.1) is 0 Å². The van der Waals surface area contributed by atoms with Gasteiger partial charge in [-0.25, -0.2) is 15.0 Å². The van der Waals surface area contributed by atoms with Crippen molar-refractivity contribution in [1.82, 2.24) is 24.7 Å². The summed E-state index contributed by atoms with van der Waals surface area (Å²) in [5.41, 5.74) is 3.40. The highest BCUT2D eigenvalue weighted by molar-refractivity contribution is 6.30. The van der Waals surface area contributed by atoms with E-state index in [-0.39, 0.29) is 0 Å². The van der Waals surface area contributed by atoms with Gasteiger partial charge in [-0.2, -0.15) is 9.78 Å². The van der Waals surface area contributed by atoms with Crippen molar-refractivity contribution in [2.45, 2.75) is 6.92 Å². The number of pyridine rings is 1. The van der Waals surface area contributed by atoms with Gasteiger partial charge in [-0.1, -0.05) is 23.7 Å². The van der Waals surface area contributed by atoms with Crippen LogP contribution in [-0.2, 0) is 0 Å². The van der Waals surface area contributed by atoms with Crippen LogP contribution < -0.4 is 0 Å². The van der Waals surface area contributed by atoms with Crippen molar-refractivity contribution in [3.8, 4) is 17.2 Å². The molecule has 5 nitrogen and oxygen atoms in total. The van der Waals surface area contributed by atoms with Gasteiger partial charge in [-0.05, 0) is 37.3 Å². The first-order valence-electron chi connectivity index (χ1n) is 7.12. The van der Waals surface area contributed by atoms with Crippen LogP contribution in [0.3, 0.4) is 0 Å². The van der Waals surface area contributed by atoms with Gasteiger partial charge in [0, 0.05) is 34.1 Å². The average molecular weight is 322 g/mol. The smallest absolute Gasteiger partial charge is 0.236 e. The van der Waals surface area contributed by atoms with E-state index in [1.807, 2.05) is 49.4 Å². The van der Waals surface area contributed by atoms with E-state index in [1.54, 1.807) is 17.1 Å². The summed E-state index contributed by atoms with van der Waals surface area (Å²) >= 11 is 5.98. The average Bonchev–Trinajstić information content (AvgIpc) is 2.95. The molecular formula is C17H12ClN5. The molecule has 0 aliphatic carbocycles. The number of hydrogen-bond acceptors (Lipinski definition) is 4. The third kappa shape index (κ3) is 2.45. The lowest BCUT2D eigenvalue weighted by Crippen LogP contribution is -2.04. The van der Waals surface area contributed by atoms with Gasteiger partial charge < -0.3 is 0 Å². The second-order valence-corrected chi connectivity index (χ2v) is 5.58. The number of benzene rings is 1. The second-order valence-electron chi connectivity index (χ2n) is 5.14. The Morgan fingerprint density at radius 3 is 2.57 bits per heavy atom. The van der Waals surface area contributed by atoms with Crippen molar-refractivity contribution in [3.05, 3.63) is 65.6 Å². The Bertz CT molecular complexity index is 991. The molecule has 0 amide bonds. The molecule has 0 bridgehead atoms. The van der Waals surface area contributed by atoms with Crippen LogP contribution in [0.2, 0.25) is 5.02 Å². The van der Waals surface area contributed by atoms with Crippen molar-refractivity contribution in [3.63, 3.8) is 0 Å². The van der Waals surface area contributed by atoms with Gasteiger partial charge in [0.05, 0.1) is 0 Å². The van der Waals surface area contributed by atoms with Crippen molar-refractivity contribution in [1.29, 1.82) is 0 Å². The minimum Gasteiger partial charge on any atom is -0.236 e. The summed E-state index contributed by atoms with van der Waals surface area (Å²) in [6.45, 7) is 1.92. The van der Waals surface area contributed by atoms with E-state index in [0.29, 0.717) is 11.0 Å². The Balaban J connectivity index is 1.98. The quantitative estimate of drug-likeness (QED) is 0.563. The molecule has 4 aromatic rings. The molecule has 112 valence electrons. The molecule has 0 saturated carbocycles. The predicted octanol–water partition coefficient (Wildman–Crippen LogP) is 3.84. The highest BCUT2D eigenvalue weighted by Gasteiger charge is 2.15. The second kappa shape index (κ2) is 5.44. The largest absolute Gasteiger partial charge is 0.252 e. The molecule has 0 aliphatic heterocycles. The van der Waals surface area contributed by atoms with Gasteiger partial charge in [0.15, 0.2) is 5.65 Å². The molecule has 1 aromatic carbocycles. The van der Waals surface area contributed by atoms with E-state index in [2.05, 4.69) is 20.1 Å². The molecule has 3 aromatic heterocycles. The minimum atomic E-state index is 0.508. The summed E-state index contributed by atoms with van der Waals surface area (Å²) in [5, 5.41) is 6.32. The van der Waals surface area contributed by atoms with Gasteiger partial charge in [0.2, 0.25) is 0 Å². The molecule has 4 rings (SSSR count). The normalized spacial score (nSPS) is 11.0. The van der Waals surface area contributed by atoms with Crippen LogP contribution in [0.15, 0.2) is 54.9 Å². The molecule has 6 heteroatoms. The summed E-state index contributed by atoms with van der Waals surface area (Å²) in [6.07, 6.45) is 3.46. The van der Waals surface area contributed by atoms with Gasteiger partial charge in [-0.3, -0.25) is 0 Å².